The van der Waals surface area contributed by atoms with Crippen LogP contribution in [-0.4, -0.2) is 22.2 Å². The molecule has 2 rings (SSSR count). The third kappa shape index (κ3) is 4.50. The highest BCUT2D eigenvalue weighted by Gasteiger charge is 2.21. The molecule has 0 saturated carbocycles. The van der Waals surface area contributed by atoms with Crippen LogP contribution in [0.5, 0.6) is 0 Å². The molecule has 3 nitrogen and oxygen atoms in total. The van der Waals surface area contributed by atoms with Crippen LogP contribution in [-0.2, 0) is 6.42 Å². The first-order valence-corrected chi connectivity index (χ1v) is 7.54. The average Bonchev–Trinajstić information content (AvgIpc) is 2.48. The lowest BCUT2D eigenvalue weighted by molar-refractivity contribution is 0.470. The highest BCUT2D eigenvalue weighted by atomic mass is 35.5. The third-order valence-corrected chi connectivity index (χ3v) is 3.87. The number of halogens is 3. The highest BCUT2D eigenvalue weighted by molar-refractivity contribution is 6.22. The molecule has 5 N–H and O–H groups in total. The number of rotatable bonds is 5. The number of nitrogens with two attached hydrogens (primary N) is 1. The molecule has 1 aromatic rings. The fourth-order valence-corrected chi connectivity index (χ4v) is 2.56. The fourth-order valence-electron chi connectivity index (χ4n) is 2.40. The molecular weight excluding hydrogens is 322 g/mol. The van der Waals surface area contributed by atoms with Crippen molar-refractivity contribution in [3.05, 3.63) is 71.0 Å². The number of allylic oxidation sites excluding steroid dienone is 4. The molecule has 0 aromatic heterocycles. The first kappa shape index (κ1) is 17.4. The minimum atomic E-state index is -0.768. The van der Waals surface area contributed by atoms with Gasteiger partial charge in [0, 0.05) is 6.07 Å². The van der Waals surface area contributed by atoms with Crippen LogP contribution < -0.4 is 5.73 Å². The first-order valence-electron chi connectivity index (χ1n) is 7.10. The number of hydrogen-bond donors (Lipinski definition) is 2. The molecule has 0 aliphatic heterocycles. The van der Waals surface area contributed by atoms with E-state index < -0.39 is 17.7 Å². The summed E-state index contributed by atoms with van der Waals surface area (Å²) in [5, 5.41) is 15.6. The zero-order valence-electron chi connectivity index (χ0n) is 12.3. The lowest BCUT2D eigenvalue weighted by atomic mass is 9.91. The summed E-state index contributed by atoms with van der Waals surface area (Å²) in [7, 11) is 0. The molecule has 23 heavy (non-hydrogen) atoms. The summed E-state index contributed by atoms with van der Waals surface area (Å²) in [6.45, 7) is 0. The van der Waals surface area contributed by atoms with Crippen molar-refractivity contribution in [3.8, 4) is 0 Å². The van der Waals surface area contributed by atoms with Gasteiger partial charge in [0.05, 0.1) is 22.7 Å². The lowest BCUT2D eigenvalue weighted by Crippen LogP contribution is -2.34. The minimum absolute atomic E-state index is 0.0496. The van der Waals surface area contributed by atoms with Gasteiger partial charge in [-0.05, 0) is 36.1 Å². The Labute approximate surface area is 138 Å². The Balaban J connectivity index is 2.13. The largest absolute Gasteiger partial charge is 0.598 e. The van der Waals surface area contributed by atoms with E-state index in [1.165, 1.54) is 12.1 Å². The number of nitrogens with one attached hydrogen (secondary N) is 1. The topological polar surface area (TPSA) is 72.8 Å². The minimum Gasteiger partial charge on any atom is -0.598 e. The predicted molar refractivity (Wildman–Crippen MR) is 88.9 cm³/mol. The second-order valence-electron chi connectivity index (χ2n) is 5.33. The van der Waals surface area contributed by atoms with Gasteiger partial charge >= 0.3 is 0 Å². The average molecular weight is 340 g/mol. The maximum absolute atomic E-state index is 13.2. The molecule has 1 unspecified atom stereocenters. The fraction of sp³-hybridized carbons (Fsp3) is 0.235. The van der Waals surface area contributed by atoms with E-state index in [0.29, 0.717) is 23.1 Å². The van der Waals surface area contributed by atoms with Crippen molar-refractivity contribution >= 4 is 17.3 Å². The van der Waals surface area contributed by atoms with E-state index >= 15 is 0 Å². The Hall–Kier alpha value is -1.98. The molecule has 1 aliphatic carbocycles. The summed E-state index contributed by atoms with van der Waals surface area (Å²) < 4.78 is 26.5. The van der Waals surface area contributed by atoms with Crippen molar-refractivity contribution in [2.24, 2.45) is 5.73 Å². The molecule has 6 heteroatoms. The molecule has 0 heterocycles. The molecule has 0 fully saturated rings. The SMILES string of the molecule is N=C(/C(=C\[OH2+])C1=CCC(Cl)C=C1)[C@H](N)Cc1cc(F)cc(F)c1. The van der Waals surface area contributed by atoms with Gasteiger partial charge in [0.1, 0.15) is 11.6 Å². The smallest absolute Gasteiger partial charge is 0.226 e. The molecular formula is C17H18ClF2N2O+. The van der Waals surface area contributed by atoms with Crippen LogP contribution in [0, 0.1) is 17.0 Å². The summed E-state index contributed by atoms with van der Waals surface area (Å²) in [5.74, 6) is -1.36. The van der Waals surface area contributed by atoms with Gasteiger partial charge in [-0.25, -0.2) is 8.78 Å². The second-order valence-corrected chi connectivity index (χ2v) is 5.89. The summed E-state index contributed by atoms with van der Waals surface area (Å²) >= 11 is 5.96. The van der Waals surface area contributed by atoms with Gasteiger partial charge in [-0.2, -0.15) is 0 Å². The van der Waals surface area contributed by atoms with E-state index in [4.69, 9.17) is 27.9 Å². The maximum atomic E-state index is 13.2. The van der Waals surface area contributed by atoms with Crippen molar-refractivity contribution in [1.82, 2.24) is 0 Å². The van der Waals surface area contributed by atoms with E-state index in [9.17, 15) is 8.78 Å². The second kappa shape index (κ2) is 7.53. The maximum Gasteiger partial charge on any atom is 0.226 e. The van der Waals surface area contributed by atoms with Gasteiger partial charge in [-0.15, -0.1) is 11.6 Å². The van der Waals surface area contributed by atoms with Crippen molar-refractivity contribution in [3.63, 3.8) is 0 Å². The quantitative estimate of drug-likeness (QED) is 0.368. The normalized spacial score (nSPS) is 19.4. The van der Waals surface area contributed by atoms with E-state index in [-0.39, 0.29) is 17.5 Å². The Bertz CT molecular complexity index is 678. The van der Waals surface area contributed by atoms with Crippen LogP contribution in [0.1, 0.15) is 12.0 Å². The lowest BCUT2D eigenvalue weighted by Gasteiger charge is -2.17. The Kier molecular flexibility index (Phi) is 5.69. The number of hydrogen-bond acceptors (Lipinski definition) is 2. The summed E-state index contributed by atoms with van der Waals surface area (Å²) in [6, 6.07) is 2.40. The van der Waals surface area contributed by atoms with Crippen LogP contribution in [0.2, 0.25) is 0 Å². The molecule has 0 bridgehead atoms. The number of benzene rings is 1. The van der Waals surface area contributed by atoms with E-state index in [0.717, 1.165) is 12.3 Å². The molecule has 0 spiro atoms. The van der Waals surface area contributed by atoms with Crippen molar-refractivity contribution in [2.75, 3.05) is 0 Å². The first-order chi connectivity index (χ1) is 10.9. The standard InChI is InChI=1S/C17H17ClF2N2O/c18-12-3-1-11(2-4-12)15(9-23)17(22)16(21)7-10-5-13(19)8-14(20)6-10/h1-3,5-6,8-9,12,16,22-23H,4,7,21H2/p+1/b15-9-,22-17?/t12?,16-/m1/s1. The number of alkyl halides is 1. The Morgan fingerprint density at radius 3 is 2.57 bits per heavy atom. The highest BCUT2D eigenvalue weighted by Crippen LogP contribution is 2.23. The van der Waals surface area contributed by atoms with Gasteiger partial charge in [-0.3, -0.25) is 0 Å². The summed E-state index contributed by atoms with van der Waals surface area (Å²) in [6.07, 6.45) is 7.19. The molecule has 0 amide bonds. The van der Waals surface area contributed by atoms with E-state index in [1.54, 1.807) is 12.2 Å². The van der Waals surface area contributed by atoms with Gasteiger partial charge in [0.2, 0.25) is 6.26 Å². The van der Waals surface area contributed by atoms with Crippen molar-refractivity contribution in [1.29, 1.82) is 5.41 Å². The van der Waals surface area contributed by atoms with Crippen molar-refractivity contribution in [2.45, 2.75) is 24.3 Å². The molecule has 0 saturated heterocycles. The van der Waals surface area contributed by atoms with Gasteiger partial charge < -0.3 is 16.2 Å². The van der Waals surface area contributed by atoms with Crippen LogP contribution in [0.25, 0.3) is 0 Å². The predicted octanol–water partition coefficient (Wildman–Crippen LogP) is 2.96. The summed E-state index contributed by atoms with van der Waals surface area (Å²) in [4.78, 5) is 0. The van der Waals surface area contributed by atoms with E-state index in [1.807, 2.05) is 6.08 Å². The van der Waals surface area contributed by atoms with Gasteiger partial charge in [0.25, 0.3) is 0 Å². The van der Waals surface area contributed by atoms with Crippen LogP contribution in [0.4, 0.5) is 8.78 Å². The zero-order valence-corrected chi connectivity index (χ0v) is 13.1. The summed E-state index contributed by atoms with van der Waals surface area (Å²) in [5.41, 5.74) is 7.51. The van der Waals surface area contributed by atoms with Gasteiger partial charge in [-0.1, -0.05) is 18.2 Å². The van der Waals surface area contributed by atoms with Crippen LogP contribution in [0.3, 0.4) is 0 Å². The zero-order chi connectivity index (χ0) is 17.0. The molecule has 0 radical (unpaired) electrons. The molecule has 1 aliphatic rings. The third-order valence-electron chi connectivity index (χ3n) is 3.54. The van der Waals surface area contributed by atoms with Crippen LogP contribution >= 0.6 is 11.6 Å². The molecule has 1 aromatic carbocycles. The van der Waals surface area contributed by atoms with Crippen molar-refractivity contribution < 1.29 is 13.9 Å². The van der Waals surface area contributed by atoms with Crippen LogP contribution in [0.15, 0.2) is 53.8 Å². The molecule has 2 atom stereocenters. The Morgan fingerprint density at radius 1 is 1.39 bits per heavy atom. The van der Waals surface area contributed by atoms with E-state index in [2.05, 4.69) is 0 Å². The molecule has 122 valence electrons. The van der Waals surface area contributed by atoms with Gasteiger partial charge in [0.15, 0.2) is 0 Å². The monoisotopic (exact) mass is 339 g/mol. The Morgan fingerprint density at radius 2 is 2.04 bits per heavy atom.